The summed E-state index contributed by atoms with van der Waals surface area (Å²) < 4.78 is 15.1. The van der Waals surface area contributed by atoms with E-state index < -0.39 is 5.82 Å². The van der Waals surface area contributed by atoms with Crippen molar-refractivity contribution in [3.05, 3.63) is 24.3 Å². The van der Waals surface area contributed by atoms with Crippen molar-refractivity contribution in [3.63, 3.8) is 0 Å². The summed E-state index contributed by atoms with van der Waals surface area (Å²) in [5, 5.41) is 9.79. The molecule has 6 nitrogen and oxygen atoms in total. The summed E-state index contributed by atoms with van der Waals surface area (Å²) in [6.07, 6.45) is 2.88. The number of nitrogens with one attached hydrogen (secondary N) is 2. The minimum atomic E-state index is -0.516. The SMILES string of the molecule is CCNc1ncc(F)c(Nc2ccn(C)n2)n1. The molecule has 0 saturated heterocycles. The Bertz CT molecular complexity index is 509. The van der Waals surface area contributed by atoms with E-state index in [0.29, 0.717) is 18.3 Å². The molecule has 0 radical (unpaired) electrons. The van der Waals surface area contributed by atoms with Gasteiger partial charge in [-0.1, -0.05) is 0 Å². The number of anilines is 3. The van der Waals surface area contributed by atoms with Gasteiger partial charge in [-0.2, -0.15) is 10.1 Å². The van der Waals surface area contributed by atoms with Gasteiger partial charge in [0.15, 0.2) is 17.5 Å². The Morgan fingerprint density at radius 1 is 1.47 bits per heavy atom. The highest BCUT2D eigenvalue weighted by Gasteiger charge is 2.07. The van der Waals surface area contributed by atoms with Gasteiger partial charge in [-0.05, 0) is 6.92 Å². The summed E-state index contributed by atoms with van der Waals surface area (Å²) in [7, 11) is 1.78. The molecule has 2 aromatic heterocycles. The zero-order chi connectivity index (χ0) is 12.3. The topological polar surface area (TPSA) is 67.7 Å². The molecule has 0 amide bonds. The lowest BCUT2D eigenvalue weighted by molar-refractivity contribution is 0.619. The van der Waals surface area contributed by atoms with E-state index >= 15 is 0 Å². The third-order valence-corrected chi connectivity index (χ3v) is 2.04. The van der Waals surface area contributed by atoms with E-state index in [9.17, 15) is 4.39 Å². The zero-order valence-electron chi connectivity index (χ0n) is 9.61. The molecule has 0 spiro atoms. The van der Waals surface area contributed by atoms with Gasteiger partial charge in [0, 0.05) is 25.9 Å². The first kappa shape index (κ1) is 11.3. The van der Waals surface area contributed by atoms with E-state index in [0.717, 1.165) is 6.20 Å². The summed E-state index contributed by atoms with van der Waals surface area (Å²) >= 11 is 0. The first-order chi connectivity index (χ1) is 8.19. The molecular weight excluding hydrogens is 223 g/mol. The van der Waals surface area contributed by atoms with Crippen LogP contribution in [0.2, 0.25) is 0 Å². The zero-order valence-corrected chi connectivity index (χ0v) is 9.61. The fraction of sp³-hybridized carbons (Fsp3) is 0.300. The standard InChI is InChI=1S/C10H13FN6/c1-3-12-10-13-6-7(11)9(15-10)14-8-4-5-17(2)16-8/h4-6H,3H2,1-2H3,(H2,12,13,14,15,16). The fourth-order valence-corrected chi connectivity index (χ4v) is 1.30. The third-order valence-electron chi connectivity index (χ3n) is 2.04. The van der Waals surface area contributed by atoms with Crippen molar-refractivity contribution < 1.29 is 4.39 Å². The first-order valence-corrected chi connectivity index (χ1v) is 5.22. The van der Waals surface area contributed by atoms with E-state index in [-0.39, 0.29) is 5.82 Å². The van der Waals surface area contributed by atoms with Crippen molar-refractivity contribution in [1.29, 1.82) is 0 Å². The van der Waals surface area contributed by atoms with Gasteiger partial charge < -0.3 is 10.6 Å². The second kappa shape index (κ2) is 4.77. The van der Waals surface area contributed by atoms with Crippen molar-refractivity contribution in [1.82, 2.24) is 19.7 Å². The Morgan fingerprint density at radius 2 is 2.29 bits per heavy atom. The number of halogens is 1. The lowest BCUT2D eigenvalue weighted by Gasteiger charge is -2.06. The van der Waals surface area contributed by atoms with E-state index in [2.05, 4.69) is 25.7 Å². The molecule has 0 atom stereocenters. The molecule has 2 aromatic rings. The molecule has 90 valence electrons. The second-order valence-corrected chi connectivity index (χ2v) is 3.42. The molecule has 2 rings (SSSR count). The van der Waals surface area contributed by atoms with Crippen LogP contribution in [-0.2, 0) is 7.05 Å². The molecule has 7 heteroatoms. The second-order valence-electron chi connectivity index (χ2n) is 3.42. The smallest absolute Gasteiger partial charge is 0.224 e. The van der Waals surface area contributed by atoms with Crippen LogP contribution in [0.3, 0.4) is 0 Å². The maximum Gasteiger partial charge on any atom is 0.224 e. The molecule has 0 fully saturated rings. The summed E-state index contributed by atoms with van der Waals surface area (Å²) in [5.41, 5.74) is 0. The highest BCUT2D eigenvalue weighted by atomic mass is 19.1. The monoisotopic (exact) mass is 236 g/mol. The van der Waals surface area contributed by atoms with Gasteiger partial charge in [0.25, 0.3) is 0 Å². The minimum absolute atomic E-state index is 0.106. The van der Waals surface area contributed by atoms with Gasteiger partial charge in [0.2, 0.25) is 5.95 Å². The van der Waals surface area contributed by atoms with Crippen molar-refractivity contribution in [2.75, 3.05) is 17.2 Å². The molecule has 0 aliphatic rings. The molecule has 0 aliphatic carbocycles. The summed E-state index contributed by atoms with van der Waals surface area (Å²) in [6, 6.07) is 1.73. The Kier molecular flexibility index (Phi) is 3.17. The molecule has 0 aliphatic heterocycles. The van der Waals surface area contributed by atoms with Gasteiger partial charge in [0.05, 0.1) is 6.20 Å². The maximum atomic E-state index is 13.5. The number of hydrogen-bond acceptors (Lipinski definition) is 5. The first-order valence-electron chi connectivity index (χ1n) is 5.22. The maximum absolute atomic E-state index is 13.5. The number of hydrogen-bond donors (Lipinski definition) is 2. The highest BCUT2D eigenvalue weighted by Crippen LogP contribution is 2.16. The summed E-state index contributed by atoms with van der Waals surface area (Å²) in [4.78, 5) is 7.82. The van der Waals surface area contributed by atoms with Gasteiger partial charge in [0.1, 0.15) is 0 Å². The summed E-state index contributed by atoms with van der Waals surface area (Å²) in [6.45, 7) is 2.59. The van der Waals surface area contributed by atoms with Crippen molar-refractivity contribution in [2.24, 2.45) is 7.05 Å². The van der Waals surface area contributed by atoms with Gasteiger partial charge in [-0.15, -0.1) is 0 Å². The van der Waals surface area contributed by atoms with Crippen LogP contribution in [0.15, 0.2) is 18.5 Å². The number of rotatable bonds is 4. The van der Waals surface area contributed by atoms with Crippen LogP contribution in [0, 0.1) is 5.82 Å². The molecule has 0 saturated carbocycles. The molecule has 17 heavy (non-hydrogen) atoms. The Hall–Kier alpha value is -2.18. The Balaban J connectivity index is 2.22. The molecule has 0 bridgehead atoms. The Labute approximate surface area is 97.9 Å². The van der Waals surface area contributed by atoms with Crippen LogP contribution in [0.4, 0.5) is 22.0 Å². The largest absolute Gasteiger partial charge is 0.354 e. The predicted molar refractivity (Wildman–Crippen MR) is 62.6 cm³/mol. The number of aryl methyl sites for hydroxylation is 1. The van der Waals surface area contributed by atoms with Crippen LogP contribution in [0.25, 0.3) is 0 Å². The normalized spacial score (nSPS) is 10.3. The van der Waals surface area contributed by atoms with Crippen LogP contribution in [-0.4, -0.2) is 26.3 Å². The van der Waals surface area contributed by atoms with Crippen LogP contribution in [0.5, 0.6) is 0 Å². The molecular formula is C10H13FN6. The quantitative estimate of drug-likeness (QED) is 0.842. The molecule has 2 N–H and O–H groups in total. The summed E-state index contributed by atoms with van der Waals surface area (Å²) in [5.74, 6) is 0.506. The van der Waals surface area contributed by atoms with Crippen molar-refractivity contribution in [3.8, 4) is 0 Å². The molecule has 0 aromatic carbocycles. The van der Waals surface area contributed by atoms with Gasteiger partial charge >= 0.3 is 0 Å². The van der Waals surface area contributed by atoms with E-state index in [1.807, 2.05) is 6.92 Å². The van der Waals surface area contributed by atoms with Crippen LogP contribution < -0.4 is 10.6 Å². The Morgan fingerprint density at radius 3 is 2.94 bits per heavy atom. The third kappa shape index (κ3) is 2.68. The van der Waals surface area contributed by atoms with Gasteiger partial charge in [-0.3, -0.25) is 4.68 Å². The fourth-order valence-electron chi connectivity index (χ4n) is 1.30. The lowest BCUT2D eigenvalue weighted by Crippen LogP contribution is -2.06. The van der Waals surface area contributed by atoms with Gasteiger partial charge in [-0.25, -0.2) is 9.37 Å². The number of aromatic nitrogens is 4. The van der Waals surface area contributed by atoms with Crippen molar-refractivity contribution in [2.45, 2.75) is 6.92 Å². The van der Waals surface area contributed by atoms with Crippen molar-refractivity contribution >= 4 is 17.6 Å². The number of nitrogens with zero attached hydrogens (tertiary/aromatic N) is 4. The van der Waals surface area contributed by atoms with E-state index in [1.165, 1.54) is 0 Å². The lowest BCUT2D eigenvalue weighted by atomic mass is 10.5. The molecule has 2 heterocycles. The predicted octanol–water partition coefficient (Wildman–Crippen LogP) is 1.52. The van der Waals surface area contributed by atoms with Crippen LogP contribution in [0.1, 0.15) is 6.92 Å². The van der Waals surface area contributed by atoms with E-state index in [1.54, 1.807) is 24.0 Å². The minimum Gasteiger partial charge on any atom is -0.354 e. The molecule has 0 unspecified atom stereocenters. The average Bonchev–Trinajstić information content (AvgIpc) is 2.69. The van der Waals surface area contributed by atoms with E-state index in [4.69, 9.17) is 0 Å². The van der Waals surface area contributed by atoms with Crippen LogP contribution >= 0.6 is 0 Å². The average molecular weight is 236 g/mol. The highest BCUT2D eigenvalue weighted by molar-refractivity contribution is 5.52.